The van der Waals surface area contributed by atoms with Crippen LogP contribution in [0, 0.1) is 0 Å². The molecule has 1 aromatic rings. The van der Waals surface area contributed by atoms with Crippen molar-refractivity contribution in [2.45, 2.75) is 32.3 Å². The highest BCUT2D eigenvalue weighted by Crippen LogP contribution is 2.33. The molecule has 0 aliphatic carbocycles. The van der Waals surface area contributed by atoms with Gasteiger partial charge in [-0.1, -0.05) is 25.2 Å². The number of aliphatic hydroxyl groups is 1. The molecule has 1 heterocycles. The highest BCUT2D eigenvalue weighted by molar-refractivity contribution is 7.15. The Balaban J connectivity index is 2.94. The van der Waals surface area contributed by atoms with Crippen molar-refractivity contribution in [1.82, 2.24) is 4.98 Å². The molecular weight excluding hydrogens is 172 g/mol. The van der Waals surface area contributed by atoms with Crippen molar-refractivity contribution in [3.05, 3.63) is 11.1 Å². The molecule has 0 unspecified atom stereocenters. The van der Waals surface area contributed by atoms with Crippen LogP contribution in [0.2, 0.25) is 0 Å². The number of nitrogens with zero attached hydrogens (tertiary/aromatic N) is 1. The minimum atomic E-state index is -0.727. The molecule has 3 nitrogen and oxygen atoms in total. The standard InChI is InChI=1S/C8H14N2OS/c1-3-8(11,4-2)6-5-10-7(9)12-6/h5,11H,3-4H2,1-2H3,(H2,9,10). The van der Waals surface area contributed by atoms with Crippen LogP contribution in [0.15, 0.2) is 6.20 Å². The van der Waals surface area contributed by atoms with Crippen LogP contribution >= 0.6 is 11.3 Å². The first-order chi connectivity index (χ1) is 5.62. The molecule has 0 fully saturated rings. The summed E-state index contributed by atoms with van der Waals surface area (Å²) in [5.41, 5.74) is 4.75. The zero-order valence-electron chi connectivity index (χ0n) is 7.37. The van der Waals surface area contributed by atoms with Crippen LogP contribution in [0.25, 0.3) is 0 Å². The molecule has 0 aliphatic rings. The van der Waals surface area contributed by atoms with Gasteiger partial charge in [0.2, 0.25) is 0 Å². The summed E-state index contributed by atoms with van der Waals surface area (Å²) < 4.78 is 0. The summed E-state index contributed by atoms with van der Waals surface area (Å²) in [6.45, 7) is 3.92. The number of hydrogen-bond acceptors (Lipinski definition) is 4. The first kappa shape index (κ1) is 9.48. The molecular formula is C8H14N2OS. The van der Waals surface area contributed by atoms with E-state index in [1.54, 1.807) is 6.20 Å². The second-order valence-electron chi connectivity index (χ2n) is 2.80. The summed E-state index contributed by atoms with van der Waals surface area (Å²) in [6.07, 6.45) is 3.06. The number of rotatable bonds is 3. The minimum absolute atomic E-state index is 0.519. The summed E-state index contributed by atoms with van der Waals surface area (Å²) in [5, 5.41) is 10.5. The molecule has 0 radical (unpaired) electrons. The predicted octanol–water partition coefficient (Wildman–Crippen LogP) is 1.73. The SMILES string of the molecule is CCC(O)(CC)c1cnc(N)s1. The third-order valence-corrected chi connectivity index (χ3v) is 3.17. The Bertz CT molecular complexity index is 255. The lowest BCUT2D eigenvalue weighted by Gasteiger charge is -2.22. The fourth-order valence-electron chi connectivity index (χ4n) is 1.10. The summed E-state index contributed by atoms with van der Waals surface area (Å²) in [7, 11) is 0. The van der Waals surface area contributed by atoms with Crippen molar-refractivity contribution in [2.24, 2.45) is 0 Å². The number of nitrogens with two attached hydrogens (primary N) is 1. The zero-order chi connectivity index (χ0) is 9.19. The summed E-state index contributed by atoms with van der Waals surface area (Å²) in [6, 6.07) is 0. The van der Waals surface area contributed by atoms with E-state index >= 15 is 0 Å². The van der Waals surface area contributed by atoms with Gasteiger partial charge in [0.05, 0.1) is 10.5 Å². The van der Waals surface area contributed by atoms with Gasteiger partial charge in [-0.3, -0.25) is 0 Å². The highest BCUT2D eigenvalue weighted by atomic mass is 32.1. The Labute approximate surface area is 76.3 Å². The molecule has 0 spiro atoms. The largest absolute Gasteiger partial charge is 0.384 e. The monoisotopic (exact) mass is 186 g/mol. The average molecular weight is 186 g/mol. The van der Waals surface area contributed by atoms with Crippen LogP contribution in [0.5, 0.6) is 0 Å². The van der Waals surface area contributed by atoms with Gasteiger partial charge in [0.1, 0.15) is 0 Å². The van der Waals surface area contributed by atoms with Crippen molar-refractivity contribution in [3.63, 3.8) is 0 Å². The molecule has 0 saturated carbocycles. The molecule has 4 heteroatoms. The predicted molar refractivity (Wildman–Crippen MR) is 51.0 cm³/mol. The van der Waals surface area contributed by atoms with E-state index in [0.29, 0.717) is 18.0 Å². The molecule has 68 valence electrons. The van der Waals surface area contributed by atoms with Gasteiger partial charge in [-0.25, -0.2) is 4.98 Å². The van der Waals surface area contributed by atoms with Crippen molar-refractivity contribution in [2.75, 3.05) is 5.73 Å². The lowest BCUT2D eigenvalue weighted by atomic mass is 9.96. The van der Waals surface area contributed by atoms with Crippen LogP contribution < -0.4 is 5.73 Å². The lowest BCUT2D eigenvalue weighted by molar-refractivity contribution is 0.0319. The van der Waals surface area contributed by atoms with Gasteiger partial charge in [-0.2, -0.15) is 0 Å². The Morgan fingerprint density at radius 3 is 2.50 bits per heavy atom. The maximum atomic E-state index is 10.0. The molecule has 0 bridgehead atoms. The van der Waals surface area contributed by atoms with Gasteiger partial charge in [-0.15, -0.1) is 0 Å². The molecule has 0 aliphatic heterocycles. The van der Waals surface area contributed by atoms with Crippen molar-refractivity contribution in [3.8, 4) is 0 Å². The maximum absolute atomic E-state index is 10.0. The fraction of sp³-hybridized carbons (Fsp3) is 0.625. The van der Waals surface area contributed by atoms with E-state index in [2.05, 4.69) is 4.98 Å². The lowest BCUT2D eigenvalue weighted by Crippen LogP contribution is -2.21. The van der Waals surface area contributed by atoms with Crippen LogP contribution in [0.1, 0.15) is 31.6 Å². The van der Waals surface area contributed by atoms with Crippen molar-refractivity contribution >= 4 is 16.5 Å². The van der Waals surface area contributed by atoms with Gasteiger partial charge in [-0.05, 0) is 12.8 Å². The van der Waals surface area contributed by atoms with E-state index in [4.69, 9.17) is 5.73 Å². The van der Waals surface area contributed by atoms with Gasteiger partial charge in [0, 0.05) is 6.20 Å². The molecule has 12 heavy (non-hydrogen) atoms. The molecule has 3 N–H and O–H groups in total. The fourth-order valence-corrected chi connectivity index (χ4v) is 2.02. The van der Waals surface area contributed by atoms with Crippen LogP contribution in [0.4, 0.5) is 5.13 Å². The van der Waals surface area contributed by atoms with Crippen LogP contribution in [0.3, 0.4) is 0 Å². The van der Waals surface area contributed by atoms with Crippen LogP contribution in [-0.2, 0) is 5.60 Å². The second kappa shape index (κ2) is 3.41. The Morgan fingerprint density at radius 1 is 1.58 bits per heavy atom. The summed E-state index contributed by atoms with van der Waals surface area (Å²) in [5.74, 6) is 0. The Kier molecular flexibility index (Phi) is 2.69. The Hall–Kier alpha value is -0.610. The number of hydrogen-bond donors (Lipinski definition) is 2. The average Bonchev–Trinajstić information content (AvgIpc) is 2.51. The van der Waals surface area contributed by atoms with E-state index in [1.807, 2.05) is 13.8 Å². The third-order valence-electron chi connectivity index (χ3n) is 2.15. The molecule has 1 aromatic heterocycles. The van der Waals surface area contributed by atoms with E-state index in [0.717, 1.165) is 4.88 Å². The molecule has 1 rings (SSSR count). The van der Waals surface area contributed by atoms with E-state index in [9.17, 15) is 5.11 Å². The zero-order valence-corrected chi connectivity index (χ0v) is 8.19. The van der Waals surface area contributed by atoms with E-state index < -0.39 is 5.60 Å². The normalized spacial score (nSPS) is 11.9. The van der Waals surface area contributed by atoms with Gasteiger partial charge in [0.25, 0.3) is 0 Å². The summed E-state index contributed by atoms with van der Waals surface area (Å²) in [4.78, 5) is 4.78. The quantitative estimate of drug-likeness (QED) is 0.755. The van der Waals surface area contributed by atoms with E-state index in [-0.39, 0.29) is 0 Å². The van der Waals surface area contributed by atoms with Gasteiger partial charge >= 0.3 is 0 Å². The summed E-state index contributed by atoms with van der Waals surface area (Å²) >= 11 is 1.36. The van der Waals surface area contributed by atoms with E-state index in [1.165, 1.54) is 11.3 Å². The third kappa shape index (κ3) is 1.59. The molecule has 0 amide bonds. The highest BCUT2D eigenvalue weighted by Gasteiger charge is 2.26. The number of thiazole rings is 1. The maximum Gasteiger partial charge on any atom is 0.180 e. The van der Waals surface area contributed by atoms with Gasteiger partial charge in [0.15, 0.2) is 5.13 Å². The number of aromatic nitrogens is 1. The topological polar surface area (TPSA) is 59.1 Å². The first-order valence-corrected chi connectivity index (χ1v) is 4.88. The minimum Gasteiger partial charge on any atom is -0.384 e. The Morgan fingerprint density at radius 2 is 2.17 bits per heavy atom. The smallest absolute Gasteiger partial charge is 0.180 e. The number of anilines is 1. The second-order valence-corrected chi connectivity index (χ2v) is 3.86. The number of nitrogen functional groups attached to an aromatic ring is 1. The molecule has 0 aromatic carbocycles. The van der Waals surface area contributed by atoms with Crippen LogP contribution in [-0.4, -0.2) is 10.1 Å². The van der Waals surface area contributed by atoms with Crippen molar-refractivity contribution in [1.29, 1.82) is 0 Å². The van der Waals surface area contributed by atoms with Gasteiger partial charge < -0.3 is 10.8 Å². The van der Waals surface area contributed by atoms with Crippen molar-refractivity contribution < 1.29 is 5.11 Å². The molecule has 0 saturated heterocycles. The first-order valence-electron chi connectivity index (χ1n) is 4.06. The molecule has 0 atom stereocenters.